The van der Waals surface area contributed by atoms with E-state index in [-0.39, 0.29) is 5.82 Å². The maximum atomic E-state index is 13.6. The zero-order valence-electron chi connectivity index (χ0n) is 11.9. The van der Waals surface area contributed by atoms with Gasteiger partial charge in [0.05, 0.1) is 12.6 Å². The van der Waals surface area contributed by atoms with Gasteiger partial charge < -0.3 is 4.74 Å². The molecule has 110 valence electrons. The van der Waals surface area contributed by atoms with Crippen LogP contribution in [0, 0.1) is 5.82 Å². The molecule has 0 radical (unpaired) electrons. The Hall–Kier alpha value is -2.39. The first-order valence-electron chi connectivity index (χ1n) is 6.67. The highest BCUT2D eigenvalue weighted by Gasteiger charge is 2.11. The van der Waals surface area contributed by atoms with E-state index in [1.54, 1.807) is 19.4 Å². The topological polar surface area (TPSA) is 22.1 Å². The molecule has 0 saturated carbocycles. The number of methoxy groups -OCH3 is 1. The fourth-order valence-electron chi connectivity index (χ4n) is 2.38. The Balaban J connectivity index is 2.29. The SMILES string of the molecule is C=C(OC)c1ccc2nccc(-c3cc(F)ccc3Cl)c2c1. The lowest BCUT2D eigenvalue weighted by Gasteiger charge is -2.11. The van der Waals surface area contributed by atoms with Gasteiger partial charge in [0.15, 0.2) is 0 Å². The van der Waals surface area contributed by atoms with E-state index in [2.05, 4.69) is 11.6 Å². The lowest BCUT2D eigenvalue weighted by atomic mass is 9.99. The summed E-state index contributed by atoms with van der Waals surface area (Å²) in [5.41, 5.74) is 3.09. The second kappa shape index (κ2) is 5.78. The van der Waals surface area contributed by atoms with E-state index >= 15 is 0 Å². The predicted molar refractivity (Wildman–Crippen MR) is 88.2 cm³/mol. The molecule has 4 heteroatoms. The van der Waals surface area contributed by atoms with Crippen molar-refractivity contribution in [2.75, 3.05) is 7.11 Å². The van der Waals surface area contributed by atoms with E-state index in [1.165, 1.54) is 12.1 Å². The molecule has 0 N–H and O–H groups in total. The van der Waals surface area contributed by atoms with Crippen LogP contribution in [0.15, 0.2) is 55.2 Å². The van der Waals surface area contributed by atoms with Gasteiger partial charge in [-0.2, -0.15) is 0 Å². The molecular formula is C18H13ClFNO. The Kier molecular flexibility index (Phi) is 3.82. The summed E-state index contributed by atoms with van der Waals surface area (Å²) >= 11 is 6.23. The molecule has 2 nitrogen and oxygen atoms in total. The summed E-state index contributed by atoms with van der Waals surface area (Å²) in [7, 11) is 1.57. The highest BCUT2D eigenvalue weighted by molar-refractivity contribution is 6.33. The van der Waals surface area contributed by atoms with Gasteiger partial charge in [-0.15, -0.1) is 0 Å². The van der Waals surface area contributed by atoms with Gasteiger partial charge in [-0.3, -0.25) is 4.98 Å². The second-order valence-corrected chi connectivity index (χ2v) is 5.25. The molecular weight excluding hydrogens is 301 g/mol. The highest BCUT2D eigenvalue weighted by atomic mass is 35.5. The Morgan fingerprint density at radius 3 is 2.73 bits per heavy atom. The van der Waals surface area contributed by atoms with Crippen LogP contribution in [-0.4, -0.2) is 12.1 Å². The van der Waals surface area contributed by atoms with Gasteiger partial charge >= 0.3 is 0 Å². The minimum absolute atomic E-state index is 0.332. The third-order valence-corrected chi connectivity index (χ3v) is 3.86. The van der Waals surface area contributed by atoms with Crippen LogP contribution >= 0.6 is 11.6 Å². The number of nitrogens with zero attached hydrogens (tertiary/aromatic N) is 1. The van der Waals surface area contributed by atoms with Gasteiger partial charge in [0, 0.05) is 27.7 Å². The first-order chi connectivity index (χ1) is 10.6. The molecule has 2 aromatic carbocycles. The van der Waals surface area contributed by atoms with E-state index in [1.807, 2.05) is 24.3 Å². The van der Waals surface area contributed by atoms with Gasteiger partial charge in [0.25, 0.3) is 0 Å². The molecule has 0 aliphatic rings. The molecule has 22 heavy (non-hydrogen) atoms. The van der Waals surface area contributed by atoms with Crippen molar-refractivity contribution >= 4 is 28.3 Å². The number of hydrogen-bond donors (Lipinski definition) is 0. The van der Waals surface area contributed by atoms with Crippen molar-refractivity contribution in [1.82, 2.24) is 4.98 Å². The Bertz CT molecular complexity index is 876. The number of ether oxygens (including phenoxy) is 1. The average Bonchev–Trinajstić information content (AvgIpc) is 2.55. The van der Waals surface area contributed by atoms with Crippen LogP contribution in [0.4, 0.5) is 4.39 Å². The molecule has 3 aromatic rings. The van der Waals surface area contributed by atoms with Gasteiger partial charge in [-0.25, -0.2) is 4.39 Å². The van der Waals surface area contributed by atoms with Crippen molar-refractivity contribution in [3.63, 3.8) is 0 Å². The van der Waals surface area contributed by atoms with Crippen molar-refractivity contribution in [1.29, 1.82) is 0 Å². The molecule has 1 aromatic heterocycles. The predicted octanol–water partition coefficient (Wildman–Crippen LogP) is 5.31. The van der Waals surface area contributed by atoms with E-state index < -0.39 is 0 Å². The summed E-state index contributed by atoms with van der Waals surface area (Å²) in [6, 6.07) is 11.8. The standard InChI is InChI=1S/C18H13ClFNO/c1-11(22-2)12-3-6-18-16(9-12)14(7-8-21-18)15-10-13(20)4-5-17(15)19/h3-10H,1H2,2H3. The molecule has 0 bridgehead atoms. The summed E-state index contributed by atoms with van der Waals surface area (Å²) in [5.74, 6) is 0.226. The van der Waals surface area contributed by atoms with Crippen LogP contribution in [0.3, 0.4) is 0 Å². The Morgan fingerprint density at radius 1 is 1.14 bits per heavy atom. The van der Waals surface area contributed by atoms with Crippen molar-refractivity contribution in [3.8, 4) is 11.1 Å². The minimum atomic E-state index is -0.332. The lowest BCUT2D eigenvalue weighted by molar-refractivity contribution is 0.371. The second-order valence-electron chi connectivity index (χ2n) is 4.84. The summed E-state index contributed by atoms with van der Waals surface area (Å²) in [6.07, 6.45) is 1.68. The van der Waals surface area contributed by atoms with E-state index in [0.717, 1.165) is 22.0 Å². The van der Waals surface area contributed by atoms with Gasteiger partial charge in [0.1, 0.15) is 11.6 Å². The van der Waals surface area contributed by atoms with E-state index in [9.17, 15) is 4.39 Å². The maximum Gasteiger partial charge on any atom is 0.123 e. The maximum absolute atomic E-state index is 13.6. The van der Waals surface area contributed by atoms with E-state index in [0.29, 0.717) is 16.3 Å². The van der Waals surface area contributed by atoms with E-state index in [4.69, 9.17) is 16.3 Å². The molecule has 0 amide bonds. The Labute approximate surface area is 132 Å². The highest BCUT2D eigenvalue weighted by Crippen LogP contribution is 2.34. The fourth-order valence-corrected chi connectivity index (χ4v) is 2.60. The smallest absolute Gasteiger partial charge is 0.123 e. The van der Waals surface area contributed by atoms with Gasteiger partial charge in [-0.05, 0) is 48.0 Å². The number of halogens is 2. The third-order valence-electron chi connectivity index (χ3n) is 3.53. The average molecular weight is 314 g/mol. The Morgan fingerprint density at radius 2 is 1.95 bits per heavy atom. The molecule has 0 atom stereocenters. The van der Waals surface area contributed by atoms with Crippen molar-refractivity contribution in [2.45, 2.75) is 0 Å². The van der Waals surface area contributed by atoms with Crippen molar-refractivity contribution in [3.05, 3.63) is 71.6 Å². The summed E-state index contributed by atoms with van der Waals surface area (Å²) in [5, 5.41) is 1.36. The molecule has 0 fully saturated rings. The van der Waals surface area contributed by atoms with Crippen molar-refractivity contribution < 1.29 is 9.13 Å². The number of fused-ring (bicyclic) bond motifs is 1. The quantitative estimate of drug-likeness (QED) is 0.611. The molecule has 0 spiro atoms. The van der Waals surface area contributed by atoms with Crippen LogP contribution in [0.1, 0.15) is 5.56 Å². The summed E-state index contributed by atoms with van der Waals surface area (Å²) in [6.45, 7) is 3.86. The minimum Gasteiger partial charge on any atom is -0.497 e. The number of hydrogen-bond acceptors (Lipinski definition) is 2. The first kappa shape index (κ1) is 14.5. The molecule has 0 aliphatic heterocycles. The third kappa shape index (κ3) is 2.55. The largest absolute Gasteiger partial charge is 0.497 e. The number of aromatic nitrogens is 1. The molecule has 0 unspecified atom stereocenters. The fraction of sp³-hybridized carbons (Fsp3) is 0.0556. The summed E-state index contributed by atoms with van der Waals surface area (Å²) in [4.78, 5) is 4.34. The number of rotatable bonds is 3. The number of pyridine rings is 1. The van der Waals surface area contributed by atoms with Crippen LogP contribution in [0.2, 0.25) is 5.02 Å². The van der Waals surface area contributed by atoms with Crippen LogP contribution in [0.5, 0.6) is 0 Å². The van der Waals surface area contributed by atoms with Gasteiger partial charge in [0.2, 0.25) is 0 Å². The summed E-state index contributed by atoms with van der Waals surface area (Å²) < 4.78 is 18.8. The lowest BCUT2D eigenvalue weighted by Crippen LogP contribution is -1.90. The molecule has 3 rings (SSSR count). The number of benzene rings is 2. The van der Waals surface area contributed by atoms with Crippen LogP contribution < -0.4 is 0 Å². The molecule has 0 saturated heterocycles. The normalized spacial score (nSPS) is 10.7. The zero-order chi connectivity index (χ0) is 15.7. The molecule has 1 heterocycles. The first-order valence-corrected chi connectivity index (χ1v) is 7.05. The monoisotopic (exact) mass is 313 g/mol. The molecule has 0 aliphatic carbocycles. The van der Waals surface area contributed by atoms with Crippen LogP contribution in [0.25, 0.3) is 27.8 Å². The van der Waals surface area contributed by atoms with Crippen LogP contribution in [-0.2, 0) is 4.74 Å². The van der Waals surface area contributed by atoms with Crippen molar-refractivity contribution in [2.24, 2.45) is 0 Å². The van der Waals surface area contributed by atoms with Gasteiger partial charge in [-0.1, -0.05) is 18.2 Å². The zero-order valence-corrected chi connectivity index (χ0v) is 12.7.